The zero-order valence-corrected chi connectivity index (χ0v) is 15.0. The van der Waals surface area contributed by atoms with Crippen molar-refractivity contribution >= 4 is 16.9 Å². The molecule has 9 nitrogen and oxygen atoms in total. The van der Waals surface area contributed by atoms with Gasteiger partial charge in [-0.1, -0.05) is 6.92 Å². The molecule has 0 atom stereocenters. The molecule has 9 heteroatoms. The lowest BCUT2D eigenvalue weighted by Gasteiger charge is -2.16. The topological polar surface area (TPSA) is 106 Å². The van der Waals surface area contributed by atoms with E-state index in [9.17, 15) is 9.90 Å². The Hall–Kier alpha value is -2.94. The average molecular weight is 355 g/mol. The number of nitrogens with zero attached hydrogens (tertiary/aromatic N) is 6. The summed E-state index contributed by atoms with van der Waals surface area (Å²) in [6.07, 6.45) is 7.75. The van der Waals surface area contributed by atoms with E-state index in [2.05, 4.69) is 20.1 Å². The van der Waals surface area contributed by atoms with Gasteiger partial charge < -0.3 is 10.1 Å². The van der Waals surface area contributed by atoms with Gasteiger partial charge in [-0.2, -0.15) is 5.10 Å². The van der Waals surface area contributed by atoms with Gasteiger partial charge in [0.15, 0.2) is 11.2 Å². The number of fused-ring (bicyclic) bond motifs is 3. The second kappa shape index (κ2) is 5.80. The van der Waals surface area contributed by atoms with Crippen LogP contribution in [0.4, 0.5) is 0 Å². The Morgan fingerprint density at radius 3 is 2.88 bits per heavy atom. The van der Waals surface area contributed by atoms with Crippen molar-refractivity contribution in [2.24, 2.45) is 0 Å². The first-order valence-corrected chi connectivity index (χ1v) is 8.58. The number of H-pyrrole nitrogens is 1. The number of aromatic nitrogens is 7. The van der Waals surface area contributed by atoms with Crippen LogP contribution in [-0.2, 0) is 13.1 Å². The molecule has 2 N–H and O–H groups in total. The Kier molecular flexibility index (Phi) is 3.69. The van der Waals surface area contributed by atoms with Crippen LogP contribution in [0.25, 0.3) is 28.3 Å². The predicted octanol–water partition coefficient (Wildman–Crippen LogP) is 1.42. The number of aromatic amines is 1. The van der Waals surface area contributed by atoms with Crippen LogP contribution in [0.1, 0.15) is 27.2 Å². The minimum atomic E-state index is -0.867. The van der Waals surface area contributed by atoms with E-state index in [4.69, 9.17) is 0 Å². The van der Waals surface area contributed by atoms with Crippen LogP contribution in [0, 0.1) is 0 Å². The van der Waals surface area contributed by atoms with Gasteiger partial charge in [-0.25, -0.2) is 9.97 Å². The van der Waals surface area contributed by atoms with Crippen LogP contribution in [0.5, 0.6) is 0 Å². The van der Waals surface area contributed by atoms with E-state index < -0.39 is 5.60 Å². The third kappa shape index (κ3) is 2.70. The second-order valence-corrected chi connectivity index (χ2v) is 7.08. The molecule has 136 valence electrons. The van der Waals surface area contributed by atoms with Gasteiger partial charge >= 0.3 is 0 Å². The molecule has 26 heavy (non-hydrogen) atoms. The molecule has 0 saturated heterocycles. The van der Waals surface area contributed by atoms with Crippen molar-refractivity contribution < 1.29 is 5.11 Å². The molecule has 0 saturated carbocycles. The van der Waals surface area contributed by atoms with Gasteiger partial charge in [0.2, 0.25) is 5.78 Å². The normalized spacial score (nSPS) is 12.5. The highest BCUT2D eigenvalue weighted by atomic mass is 16.3. The molecule has 4 rings (SSSR count). The van der Waals surface area contributed by atoms with Gasteiger partial charge in [-0.15, -0.1) is 0 Å². The third-order valence-electron chi connectivity index (χ3n) is 4.14. The molecule has 4 aromatic rings. The first-order chi connectivity index (χ1) is 12.4. The van der Waals surface area contributed by atoms with Gasteiger partial charge in [-0.05, 0) is 20.3 Å². The van der Waals surface area contributed by atoms with E-state index in [-0.39, 0.29) is 5.56 Å². The average Bonchev–Trinajstić information content (AvgIpc) is 3.27. The van der Waals surface area contributed by atoms with Crippen LogP contribution in [-0.4, -0.2) is 44.4 Å². The number of imidazole rings is 2. The maximum Gasteiger partial charge on any atom is 0.280 e. The largest absolute Gasteiger partial charge is 0.389 e. The van der Waals surface area contributed by atoms with Crippen LogP contribution >= 0.6 is 0 Å². The lowest BCUT2D eigenvalue weighted by molar-refractivity contribution is 0.0577. The van der Waals surface area contributed by atoms with Gasteiger partial charge in [0, 0.05) is 25.1 Å². The van der Waals surface area contributed by atoms with Crippen molar-refractivity contribution in [2.45, 2.75) is 45.9 Å². The predicted molar refractivity (Wildman–Crippen MR) is 96.9 cm³/mol. The van der Waals surface area contributed by atoms with Crippen molar-refractivity contribution in [1.29, 1.82) is 0 Å². The Morgan fingerprint density at radius 1 is 1.35 bits per heavy atom. The highest BCUT2D eigenvalue weighted by Gasteiger charge is 2.18. The molecule has 0 aliphatic rings. The molecule has 0 bridgehead atoms. The molecule has 0 aliphatic heterocycles. The van der Waals surface area contributed by atoms with E-state index in [1.807, 2.05) is 11.3 Å². The monoisotopic (exact) mass is 355 g/mol. The van der Waals surface area contributed by atoms with Crippen LogP contribution < -0.4 is 5.56 Å². The van der Waals surface area contributed by atoms with Gasteiger partial charge in [0.25, 0.3) is 5.56 Å². The van der Waals surface area contributed by atoms with Crippen LogP contribution in [0.3, 0.4) is 0 Å². The van der Waals surface area contributed by atoms with Crippen molar-refractivity contribution in [2.75, 3.05) is 0 Å². The summed E-state index contributed by atoms with van der Waals surface area (Å²) in [7, 11) is 0. The number of aryl methyl sites for hydroxylation is 1. The minimum Gasteiger partial charge on any atom is -0.389 e. The van der Waals surface area contributed by atoms with Crippen molar-refractivity contribution in [3.63, 3.8) is 0 Å². The fourth-order valence-electron chi connectivity index (χ4n) is 3.10. The standard InChI is InChI=1S/C17H21N7O2/c1-4-6-24-15(25)12-14(23-7-5-18-16(23)24)21-13(20-12)11-8-19-22(9-11)10-17(2,3)26/h5,7-9,26H,4,6,10H2,1-3H3,(H,20,21). The zero-order valence-electron chi connectivity index (χ0n) is 15.0. The minimum absolute atomic E-state index is 0.136. The SMILES string of the molecule is CCCn1c(=O)c2[nH]c(-c3cnn(CC(C)(C)O)c3)nc2n2ccnc12. The molecule has 0 unspecified atom stereocenters. The Bertz CT molecular complexity index is 1140. The fourth-order valence-corrected chi connectivity index (χ4v) is 3.10. The molecule has 4 aromatic heterocycles. The summed E-state index contributed by atoms with van der Waals surface area (Å²) in [4.78, 5) is 24.9. The summed E-state index contributed by atoms with van der Waals surface area (Å²) in [5.41, 5.74) is 0.728. The van der Waals surface area contributed by atoms with Crippen LogP contribution in [0.2, 0.25) is 0 Å². The highest BCUT2D eigenvalue weighted by molar-refractivity contribution is 5.77. The lowest BCUT2D eigenvalue weighted by atomic mass is 10.1. The first-order valence-electron chi connectivity index (χ1n) is 8.58. The molecule has 0 fully saturated rings. The molecule has 4 heterocycles. The van der Waals surface area contributed by atoms with E-state index in [1.54, 1.807) is 47.9 Å². The van der Waals surface area contributed by atoms with Gasteiger partial charge in [0.05, 0.1) is 23.9 Å². The van der Waals surface area contributed by atoms with Crippen LogP contribution in [0.15, 0.2) is 29.6 Å². The summed E-state index contributed by atoms with van der Waals surface area (Å²) in [6, 6.07) is 0. The van der Waals surface area contributed by atoms with E-state index in [0.29, 0.717) is 35.9 Å². The molecule has 0 spiro atoms. The molecular formula is C17H21N7O2. The second-order valence-electron chi connectivity index (χ2n) is 7.08. The number of hydrogen-bond acceptors (Lipinski definition) is 5. The maximum absolute atomic E-state index is 12.9. The summed E-state index contributed by atoms with van der Waals surface area (Å²) >= 11 is 0. The smallest absolute Gasteiger partial charge is 0.280 e. The number of hydrogen-bond donors (Lipinski definition) is 2. The summed E-state index contributed by atoms with van der Waals surface area (Å²) in [6.45, 7) is 6.42. The number of nitrogens with one attached hydrogen (secondary N) is 1. The summed E-state index contributed by atoms with van der Waals surface area (Å²) in [5, 5.41) is 14.2. The maximum atomic E-state index is 12.9. The number of aliphatic hydroxyl groups is 1. The van der Waals surface area contributed by atoms with Gasteiger partial charge in [0.1, 0.15) is 5.82 Å². The lowest BCUT2D eigenvalue weighted by Crippen LogP contribution is -2.26. The Balaban J connectivity index is 1.86. The zero-order chi connectivity index (χ0) is 18.5. The molecule has 0 radical (unpaired) electrons. The molecule has 0 aliphatic carbocycles. The Morgan fingerprint density at radius 2 is 2.15 bits per heavy atom. The molecule has 0 aromatic carbocycles. The van der Waals surface area contributed by atoms with E-state index in [0.717, 1.165) is 12.0 Å². The molecular weight excluding hydrogens is 334 g/mol. The van der Waals surface area contributed by atoms with Gasteiger partial charge in [-0.3, -0.25) is 18.4 Å². The summed E-state index contributed by atoms with van der Waals surface area (Å²) in [5.74, 6) is 1.14. The summed E-state index contributed by atoms with van der Waals surface area (Å²) < 4.78 is 5.13. The van der Waals surface area contributed by atoms with Crippen molar-refractivity contribution in [3.8, 4) is 11.4 Å². The van der Waals surface area contributed by atoms with E-state index in [1.165, 1.54) is 0 Å². The van der Waals surface area contributed by atoms with Crippen molar-refractivity contribution in [1.82, 2.24) is 33.7 Å². The third-order valence-corrected chi connectivity index (χ3v) is 4.14. The number of rotatable bonds is 5. The quantitative estimate of drug-likeness (QED) is 0.563. The highest BCUT2D eigenvalue weighted by Crippen LogP contribution is 2.20. The van der Waals surface area contributed by atoms with Crippen molar-refractivity contribution in [3.05, 3.63) is 35.1 Å². The fraction of sp³-hybridized carbons (Fsp3) is 0.412. The van der Waals surface area contributed by atoms with E-state index >= 15 is 0 Å². The first kappa shape index (κ1) is 16.5. The Labute approximate surface area is 148 Å². The molecule has 0 amide bonds.